The molecule has 0 spiro atoms. The third kappa shape index (κ3) is 3.15. The Morgan fingerprint density at radius 1 is 0.963 bits per heavy atom. The van der Waals surface area contributed by atoms with Crippen molar-refractivity contribution in [3.05, 3.63) is 47.3 Å². The molecule has 3 heterocycles. The normalized spacial score (nSPS) is 13.6. The van der Waals surface area contributed by atoms with E-state index >= 15 is 0 Å². The molecule has 136 valence electrons. The molecule has 0 aliphatic carbocycles. The van der Waals surface area contributed by atoms with Crippen molar-refractivity contribution in [2.24, 2.45) is 0 Å². The maximum absolute atomic E-state index is 12.3. The number of rotatable bonds is 4. The van der Waals surface area contributed by atoms with Gasteiger partial charge in [0, 0.05) is 10.9 Å². The molecule has 0 atom stereocenters. The third-order valence-corrected chi connectivity index (χ3v) is 4.98. The average molecular weight is 382 g/mol. The molecule has 7 nitrogen and oxygen atoms in total. The summed E-state index contributed by atoms with van der Waals surface area (Å²) in [5.41, 5.74) is 2.53. The third-order valence-electron chi connectivity index (χ3n) is 4.22. The van der Waals surface area contributed by atoms with Gasteiger partial charge in [0.05, 0.1) is 12.1 Å². The Kier molecular flexibility index (Phi) is 3.83. The van der Waals surface area contributed by atoms with E-state index in [9.17, 15) is 4.79 Å². The zero-order valence-electron chi connectivity index (χ0n) is 14.1. The van der Waals surface area contributed by atoms with E-state index < -0.39 is 0 Å². The summed E-state index contributed by atoms with van der Waals surface area (Å²) in [5.74, 6) is 2.66. The second-order valence-electron chi connectivity index (χ2n) is 6.02. The van der Waals surface area contributed by atoms with E-state index in [0.29, 0.717) is 22.4 Å². The standard InChI is InChI=1S/C19H14N2O5S/c22-18(6-11-1-3-14-16(5-11)25-9-23-14)21-19-20-13(8-27-19)12-2-4-15-17(7-12)26-10-24-15/h1-5,7-8H,6,9-10H2,(H,20,21,22). The van der Waals surface area contributed by atoms with Gasteiger partial charge in [-0.25, -0.2) is 4.98 Å². The molecule has 0 unspecified atom stereocenters. The maximum atomic E-state index is 12.3. The summed E-state index contributed by atoms with van der Waals surface area (Å²) >= 11 is 1.38. The molecule has 0 saturated carbocycles. The van der Waals surface area contributed by atoms with Gasteiger partial charge in [0.2, 0.25) is 19.5 Å². The predicted octanol–water partition coefficient (Wildman–Crippen LogP) is 3.45. The summed E-state index contributed by atoms with van der Waals surface area (Å²) in [6.45, 7) is 0.448. The molecule has 0 bridgehead atoms. The van der Waals surface area contributed by atoms with Crippen molar-refractivity contribution in [1.82, 2.24) is 4.98 Å². The molecule has 3 aromatic rings. The van der Waals surface area contributed by atoms with Gasteiger partial charge in [0.25, 0.3) is 0 Å². The molecule has 0 saturated heterocycles. The van der Waals surface area contributed by atoms with E-state index in [-0.39, 0.29) is 25.9 Å². The summed E-state index contributed by atoms with van der Waals surface area (Å²) in [7, 11) is 0. The minimum absolute atomic E-state index is 0.138. The van der Waals surface area contributed by atoms with Crippen LogP contribution in [-0.4, -0.2) is 24.5 Å². The fourth-order valence-corrected chi connectivity index (χ4v) is 3.66. The number of hydrogen-bond acceptors (Lipinski definition) is 7. The van der Waals surface area contributed by atoms with Gasteiger partial charge in [-0.3, -0.25) is 4.79 Å². The van der Waals surface area contributed by atoms with E-state index in [4.69, 9.17) is 18.9 Å². The van der Waals surface area contributed by atoms with Crippen molar-refractivity contribution < 1.29 is 23.7 Å². The second kappa shape index (κ2) is 6.48. The number of nitrogens with one attached hydrogen (secondary N) is 1. The quantitative estimate of drug-likeness (QED) is 0.745. The first-order valence-electron chi connectivity index (χ1n) is 8.28. The fourth-order valence-electron chi connectivity index (χ4n) is 2.92. The summed E-state index contributed by atoms with van der Waals surface area (Å²) in [4.78, 5) is 16.8. The predicted molar refractivity (Wildman–Crippen MR) is 98.6 cm³/mol. The fraction of sp³-hybridized carbons (Fsp3) is 0.158. The lowest BCUT2D eigenvalue weighted by Gasteiger charge is -2.03. The molecular formula is C19H14N2O5S. The minimum Gasteiger partial charge on any atom is -0.454 e. The molecule has 1 N–H and O–H groups in total. The smallest absolute Gasteiger partial charge is 0.231 e. The van der Waals surface area contributed by atoms with Crippen LogP contribution in [0, 0.1) is 0 Å². The van der Waals surface area contributed by atoms with E-state index in [1.54, 1.807) is 0 Å². The first kappa shape index (κ1) is 16.0. The lowest BCUT2D eigenvalue weighted by atomic mass is 10.1. The van der Waals surface area contributed by atoms with Crippen molar-refractivity contribution in [3.8, 4) is 34.3 Å². The Morgan fingerprint density at radius 2 is 1.67 bits per heavy atom. The Bertz CT molecular complexity index is 1030. The van der Waals surface area contributed by atoms with Crippen molar-refractivity contribution in [2.75, 3.05) is 18.9 Å². The van der Waals surface area contributed by atoms with E-state index in [2.05, 4.69) is 10.3 Å². The number of fused-ring (bicyclic) bond motifs is 2. The average Bonchev–Trinajstić information content (AvgIpc) is 3.40. The summed E-state index contributed by atoms with van der Waals surface area (Å²) < 4.78 is 21.3. The molecule has 5 rings (SSSR count). The van der Waals surface area contributed by atoms with Crippen LogP contribution in [0.15, 0.2) is 41.8 Å². The molecule has 27 heavy (non-hydrogen) atoms. The SMILES string of the molecule is O=C(Cc1ccc2c(c1)OCO2)Nc1nc(-c2ccc3c(c2)OCO3)cs1. The highest BCUT2D eigenvalue weighted by atomic mass is 32.1. The lowest BCUT2D eigenvalue weighted by Crippen LogP contribution is -2.14. The van der Waals surface area contributed by atoms with E-state index in [1.807, 2.05) is 41.8 Å². The minimum atomic E-state index is -0.138. The van der Waals surface area contributed by atoms with Gasteiger partial charge in [-0.05, 0) is 35.9 Å². The van der Waals surface area contributed by atoms with Crippen LogP contribution in [0.5, 0.6) is 23.0 Å². The topological polar surface area (TPSA) is 78.9 Å². The molecule has 1 aromatic heterocycles. The molecule has 1 amide bonds. The summed E-state index contributed by atoms with van der Waals surface area (Å²) in [5, 5.41) is 5.29. The van der Waals surface area contributed by atoms with Crippen molar-refractivity contribution >= 4 is 22.4 Å². The zero-order valence-corrected chi connectivity index (χ0v) is 14.9. The monoisotopic (exact) mass is 382 g/mol. The number of thiazole rings is 1. The van der Waals surface area contributed by atoms with Crippen molar-refractivity contribution in [2.45, 2.75) is 6.42 Å². The van der Waals surface area contributed by atoms with Crippen LogP contribution in [0.1, 0.15) is 5.56 Å². The molecule has 2 aliphatic heterocycles. The Morgan fingerprint density at radius 3 is 2.48 bits per heavy atom. The maximum Gasteiger partial charge on any atom is 0.231 e. The molecule has 8 heteroatoms. The molecular weight excluding hydrogens is 368 g/mol. The van der Waals surface area contributed by atoms with Gasteiger partial charge in [-0.15, -0.1) is 11.3 Å². The number of hydrogen-bond donors (Lipinski definition) is 1. The first-order chi connectivity index (χ1) is 13.2. The number of nitrogens with zero attached hydrogens (tertiary/aromatic N) is 1. The largest absolute Gasteiger partial charge is 0.454 e. The van der Waals surface area contributed by atoms with Crippen LogP contribution in [0.4, 0.5) is 5.13 Å². The number of amides is 1. The second-order valence-corrected chi connectivity index (χ2v) is 6.88. The first-order valence-corrected chi connectivity index (χ1v) is 9.16. The van der Waals surface area contributed by atoms with Crippen LogP contribution >= 0.6 is 11.3 Å². The zero-order chi connectivity index (χ0) is 18.2. The van der Waals surface area contributed by atoms with E-state index in [1.165, 1.54) is 11.3 Å². The molecule has 2 aromatic carbocycles. The Balaban J connectivity index is 1.27. The highest BCUT2D eigenvalue weighted by Gasteiger charge is 2.17. The lowest BCUT2D eigenvalue weighted by molar-refractivity contribution is -0.115. The van der Waals surface area contributed by atoms with Gasteiger partial charge in [-0.1, -0.05) is 6.07 Å². The summed E-state index contributed by atoms with van der Waals surface area (Å²) in [6.07, 6.45) is 0.232. The summed E-state index contributed by atoms with van der Waals surface area (Å²) in [6, 6.07) is 11.1. The van der Waals surface area contributed by atoms with Crippen LogP contribution in [-0.2, 0) is 11.2 Å². The van der Waals surface area contributed by atoms with Crippen molar-refractivity contribution in [3.63, 3.8) is 0 Å². The molecule has 0 fully saturated rings. The number of aromatic nitrogens is 1. The highest BCUT2D eigenvalue weighted by molar-refractivity contribution is 7.14. The van der Waals surface area contributed by atoms with Crippen LogP contribution in [0.25, 0.3) is 11.3 Å². The number of carbonyl (C=O) groups excluding carboxylic acids is 1. The van der Waals surface area contributed by atoms with Crippen molar-refractivity contribution in [1.29, 1.82) is 0 Å². The number of carbonyl (C=O) groups is 1. The number of benzene rings is 2. The van der Waals surface area contributed by atoms with Gasteiger partial charge in [-0.2, -0.15) is 0 Å². The highest BCUT2D eigenvalue weighted by Crippen LogP contribution is 2.36. The van der Waals surface area contributed by atoms with Gasteiger partial charge >= 0.3 is 0 Å². The van der Waals surface area contributed by atoms with Crippen LogP contribution < -0.4 is 24.3 Å². The van der Waals surface area contributed by atoms with Crippen LogP contribution in [0.3, 0.4) is 0 Å². The van der Waals surface area contributed by atoms with Gasteiger partial charge < -0.3 is 24.3 Å². The Labute approximate surface area is 158 Å². The number of anilines is 1. The molecule has 2 aliphatic rings. The van der Waals surface area contributed by atoms with E-state index in [0.717, 1.165) is 22.6 Å². The molecule has 0 radical (unpaired) electrons. The van der Waals surface area contributed by atoms with Gasteiger partial charge in [0.1, 0.15) is 0 Å². The Hall–Kier alpha value is -3.26. The number of ether oxygens (including phenoxy) is 4. The van der Waals surface area contributed by atoms with Crippen LogP contribution in [0.2, 0.25) is 0 Å². The van der Waals surface area contributed by atoms with Gasteiger partial charge in [0.15, 0.2) is 28.1 Å².